The van der Waals surface area contributed by atoms with Gasteiger partial charge in [-0.2, -0.15) is 5.26 Å². The molecule has 0 saturated heterocycles. The summed E-state index contributed by atoms with van der Waals surface area (Å²) in [4.78, 5) is -0.363. The van der Waals surface area contributed by atoms with E-state index in [1.54, 1.807) is 42.5 Å². The number of allylic oxidation sites excluding steroid dienone is 1. The Morgan fingerprint density at radius 1 is 1.26 bits per heavy atom. The summed E-state index contributed by atoms with van der Waals surface area (Å²) in [5.74, 6) is 0.472. The van der Waals surface area contributed by atoms with Gasteiger partial charge < -0.3 is 10.1 Å². The number of halogens is 1. The van der Waals surface area contributed by atoms with Crippen molar-refractivity contribution in [2.45, 2.75) is 4.90 Å². The highest BCUT2D eigenvalue weighted by Crippen LogP contribution is 2.28. The maximum atomic E-state index is 12.4. The summed E-state index contributed by atoms with van der Waals surface area (Å²) in [5.41, 5.74) is 0.455. The predicted octanol–water partition coefficient (Wildman–Crippen LogP) is 3.60. The van der Waals surface area contributed by atoms with E-state index in [-0.39, 0.29) is 4.90 Å². The second-order valence-corrected chi connectivity index (χ2v) is 6.78. The molecule has 5 nitrogen and oxygen atoms in total. The molecule has 2 aromatic carbocycles. The molecule has 1 N–H and O–H groups in total. The summed E-state index contributed by atoms with van der Waals surface area (Å²) in [6.45, 7) is 0. The normalized spacial score (nSPS) is 11.6. The zero-order chi connectivity index (χ0) is 16.9. The predicted molar refractivity (Wildman–Crippen MR) is 89.0 cm³/mol. The second kappa shape index (κ2) is 7.18. The average molecular weight is 349 g/mol. The van der Waals surface area contributed by atoms with Gasteiger partial charge in [0.05, 0.1) is 17.7 Å². The van der Waals surface area contributed by atoms with Crippen LogP contribution in [0.25, 0.3) is 0 Å². The van der Waals surface area contributed by atoms with Crippen molar-refractivity contribution in [1.82, 2.24) is 0 Å². The lowest BCUT2D eigenvalue weighted by molar-refractivity contribution is 0.417. The molecule has 23 heavy (non-hydrogen) atoms. The lowest BCUT2D eigenvalue weighted by Crippen LogP contribution is -2.05. The summed E-state index contributed by atoms with van der Waals surface area (Å²) >= 11 is 5.91. The summed E-state index contributed by atoms with van der Waals surface area (Å²) in [6, 6.07) is 14.3. The van der Waals surface area contributed by atoms with Crippen LogP contribution in [0, 0.1) is 11.3 Å². The lowest BCUT2D eigenvalue weighted by atomic mass is 10.3. The maximum absolute atomic E-state index is 12.4. The number of hydrogen-bond acceptors (Lipinski definition) is 5. The van der Waals surface area contributed by atoms with Crippen LogP contribution in [0.5, 0.6) is 5.75 Å². The minimum absolute atomic E-state index is 0.0488. The molecular weight excluding hydrogens is 336 g/mol. The second-order valence-electron chi connectivity index (χ2n) is 4.43. The number of hydrogen-bond donors (Lipinski definition) is 1. The minimum Gasteiger partial charge on any atom is -0.495 e. The Labute approximate surface area is 139 Å². The molecule has 0 aliphatic rings. The number of methoxy groups -OCH3 is 1. The van der Waals surface area contributed by atoms with Crippen LogP contribution in [0.15, 0.2) is 64.5 Å². The van der Waals surface area contributed by atoms with Crippen molar-refractivity contribution in [2.24, 2.45) is 0 Å². The monoisotopic (exact) mass is 348 g/mol. The van der Waals surface area contributed by atoms with E-state index in [0.717, 1.165) is 6.20 Å². The van der Waals surface area contributed by atoms with E-state index >= 15 is 0 Å². The molecule has 0 heterocycles. The zero-order valence-electron chi connectivity index (χ0n) is 12.2. The molecule has 118 valence electrons. The Morgan fingerprint density at radius 3 is 2.57 bits per heavy atom. The van der Waals surface area contributed by atoms with E-state index in [2.05, 4.69) is 5.32 Å². The highest BCUT2D eigenvalue weighted by molar-refractivity contribution is 7.95. The van der Waals surface area contributed by atoms with Crippen LogP contribution in [0.1, 0.15) is 0 Å². The van der Waals surface area contributed by atoms with Gasteiger partial charge in [-0.3, -0.25) is 0 Å². The van der Waals surface area contributed by atoms with Crippen LogP contribution in [0.3, 0.4) is 0 Å². The summed E-state index contributed by atoms with van der Waals surface area (Å²) in [5, 5.41) is 12.4. The average Bonchev–Trinajstić information content (AvgIpc) is 2.56. The molecular formula is C16H13ClN2O3S. The van der Waals surface area contributed by atoms with E-state index in [1.807, 2.05) is 0 Å². The molecule has 0 aliphatic carbocycles. The van der Waals surface area contributed by atoms with Gasteiger partial charge >= 0.3 is 0 Å². The van der Waals surface area contributed by atoms with E-state index in [1.165, 1.54) is 19.2 Å². The number of nitriles is 1. The van der Waals surface area contributed by atoms with Crippen molar-refractivity contribution in [1.29, 1.82) is 5.26 Å². The van der Waals surface area contributed by atoms with E-state index in [0.29, 0.717) is 16.5 Å². The first kappa shape index (κ1) is 16.9. The number of ether oxygens (including phenoxy) is 1. The Kier molecular flexibility index (Phi) is 5.27. The molecule has 0 radical (unpaired) electrons. The molecule has 2 aromatic rings. The minimum atomic E-state index is -3.89. The maximum Gasteiger partial charge on any atom is 0.218 e. The zero-order valence-corrected chi connectivity index (χ0v) is 13.7. The van der Waals surface area contributed by atoms with Gasteiger partial charge in [-0.1, -0.05) is 29.8 Å². The standard InChI is InChI=1S/C16H13ClN2O3S/c1-22-16-8-7-12(17)9-15(16)19-11-14(10-18)23(20,21)13-5-3-2-4-6-13/h2-9,11,19H,1H3/b14-11+. The van der Waals surface area contributed by atoms with Crippen LogP contribution in [-0.4, -0.2) is 15.5 Å². The van der Waals surface area contributed by atoms with Gasteiger partial charge in [0.25, 0.3) is 0 Å². The van der Waals surface area contributed by atoms with Crippen molar-refractivity contribution >= 4 is 27.1 Å². The van der Waals surface area contributed by atoms with Gasteiger partial charge in [-0.25, -0.2) is 8.42 Å². The van der Waals surface area contributed by atoms with Crippen molar-refractivity contribution in [3.05, 3.63) is 64.7 Å². The van der Waals surface area contributed by atoms with Crippen molar-refractivity contribution < 1.29 is 13.2 Å². The third-order valence-corrected chi connectivity index (χ3v) is 4.89. The van der Waals surface area contributed by atoms with Crippen molar-refractivity contribution in [3.63, 3.8) is 0 Å². The summed E-state index contributed by atoms with van der Waals surface area (Å²) in [6.07, 6.45) is 1.12. The SMILES string of the molecule is COc1ccc(Cl)cc1N/C=C(\C#N)S(=O)(=O)c1ccccc1. The largest absolute Gasteiger partial charge is 0.495 e. The van der Waals surface area contributed by atoms with E-state index < -0.39 is 14.7 Å². The molecule has 0 amide bonds. The van der Waals surface area contributed by atoms with Crippen molar-refractivity contribution in [2.75, 3.05) is 12.4 Å². The van der Waals surface area contributed by atoms with Gasteiger partial charge in [-0.05, 0) is 30.3 Å². The fourth-order valence-corrected chi connectivity index (χ4v) is 3.11. The molecule has 0 unspecified atom stereocenters. The van der Waals surface area contributed by atoms with Crippen LogP contribution < -0.4 is 10.1 Å². The van der Waals surface area contributed by atoms with Crippen LogP contribution in [0.4, 0.5) is 5.69 Å². The Morgan fingerprint density at radius 2 is 1.96 bits per heavy atom. The third-order valence-electron chi connectivity index (χ3n) is 2.97. The molecule has 0 aromatic heterocycles. The molecule has 7 heteroatoms. The molecule has 0 spiro atoms. The lowest BCUT2D eigenvalue weighted by Gasteiger charge is -2.09. The first-order valence-corrected chi connectivity index (χ1v) is 8.35. The van der Waals surface area contributed by atoms with Gasteiger partial charge in [0.2, 0.25) is 9.84 Å². The van der Waals surface area contributed by atoms with Crippen molar-refractivity contribution in [3.8, 4) is 11.8 Å². The molecule has 0 saturated carbocycles. The molecule has 2 rings (SSSR count). The quantitative estimate of drug-likeness (QED) is 0.835. The third kappa shape index (κ3) is 3.83. The number of sulfone groups is 1. The fraction of sp³-hybridized carbons (Fsp3) is 0.0625. The van der Waals surface area contributed by atoms with Gasteiger partial charge in [0.15, 0.2) is 4.91 Å². The highest BCUT2D eigenvalue weighted by Gasteiger charge is 2.20. The number of nitrogens with one attached hydrogen (secondary N) is 1. The number of benzene rings is 2. The summed E-state index contributed by atoms with van der Waals surface area (Å²) < 4.78 is 30.0. The molecule has 0 bridgehead atoms. The Bertz CT molecular complexity index is 872. The molecule has 0 aliphatic heterocycles. The van der Waals surface area contributed by atoms with Crippen LogP contribution in [0.2, 0.25) is 5.02 Å². The highest BCUT2D eigenvalue weighted by atomic mass is 35.5. The van der Waals surface area contributed by atoms with E-state index in [9.17, 15) is 13.7 Å². The van der Waals surface area contributed by atoms with Crippen LogP contribution >= 0.6 is 11.6 Å². The van der Waals surface area contributed by atoms with E-state index in [4.69, 9.17) is 16.3 Å². The Balaban J connectivity index is 2.38. The molecule has 0 fully saturated rings. The van der Waals surface area contributed by atoms with Crippen LogP contribution in [-0.2, 0) is 9.84 Å². The number of anilines is 1. The summed E-state index contributed by atoms with van der Waals surface area (Å²) in [7, 11) is -2.41. The topological polar surface area (TPSA) is 79.2 Å². The number of rotatable bonds is 5. The first-order chi connectivity index (χ1) is 11.0. The fourth-order valence-electron chi connectivity index (χ4n) is 1.83. The smallest absolute Gasteiger partial charge is 0.218 e. The van der Waals surface area contributed by atoms with Gasteiger partial charge in [0.1, 0.15) is 11.8 Å². The number of nitrogens with zero attached hydrogens (tertiary/aromatic N) is 1. The molecule has 0 atom stereocenters. The first-order valence-electron chi connectivity index (χ1n) is 6.49. The Hall–Kier alpha value is -2.49. The van der Waals surface area contributed by atoms with Gasteiger partial charge in [0, 0.05) is 11.2 Å². The van der Waals surface area contributed by atoms with Gasteiger partial charge in [-0.15, -0.1) is 0 Å².